The van der Waals surface area contributed by atoms with Gasteiger partial charge >= 0.3 is 23.9 Å². The Morgan fingerprint density at radius 2 is 1.27 bits per heavy atom. The number of amides is 3. The zero-order valence-electron chi connectivity index (χ0n) is 47.7. The highest BCUT2D eigenvalue weighted by molar-refractivity contribution is 5.98. The zero-order valence-corrected chi connectivity index (χ0v) is 47.7. The molecular formula is C57H84N10O13. The first kappa shape index (κ1) is 62.5. The van der Waals surface area contributed by atoms with E-state index in [1.807, 2.05) is 43.8 Å². The second kappa shape index (κ2) is 29.2. The Morgan fingerprint density at radius 1 is 0.725 bits per heavy atom. The molecule has 3 fully saturated rings. The Bertz CT molecular complexity index is 2590. The number of methoxy groups -OCH3 is 2. The van der Waals surface area contributed by atoms with E-state index in [4.69, 9.17) is 14.6 Å². The van der Waals surface area contributed by atoms with Crippen LogP contribution in [0.25, 0.3) is 16.9 Å². The van der Waals surface area contributed by atoms with Gasteiger partial charge in [0.2, 0.25) is 5.91 Å². The maximum Gasteiger partial charge on any atom is 0.329 e. The number of aromatic nitrogens is 2. The van der Waals surface area contributed by atoms with Crippen molar-refractivity contribution in [1.82, 2.24) is 49.8 Å². The maximum atomic E-state index is 14.7. The van der Waals surface area contributed by atoms with Gasteiger partial charge in [0.15, 0.2) is 5.69 Å². The maximum absolute atomic E-state index is 14.7. The Hall–Kier alpha value is -6.66. The van der Waals surface area contributed by atoms with E-state index < -0.39 is 35.3 Å². The van der Waals surface area contributed by atoms with E-state index in [9.17, 15) is 54.0 Å². The molecule has 1 aromatic heterocycles. The van der Waals surface area contributed by atoms with Crippen LogP contribution in [0.1, 0.15) is 98.0 Å². The van der Waals surface area contributed by atoms with Gasteiger partial charge in [0.1, 0.15) is 17.0 Å². The smallest absolute Gasteiger partial charge is 0.329 e. The fourth-order valence-electron chi connectivity index (χ4n) is 11.7. The van der Waals surface area contributed by atoms with Crippen molar-refractivity contribution in [1.29, 1.82) is 0 Å². The summed E-state index contributed by atoms with van der Waals surface area (Å²) in [6.45, 7) is 9.16. The minimum Gasteiger partial charge on any atom is -0.496 e. The standard InChI is InChI=1S/C57H84N10O13/c1-38(2)43-32-41(13-14-45(43)67-46(53-47(79-6)11-8-12-48(53)80-7)33-44(60-67)54(75)59-57(56(77)78)16-15-40-29-39(3)30-42(57)31-40)55(76)66(20-10-18-61(4)5)19-9-17-58-49(68)34-62-21-23-63(35-50(69)70)25-27-65(37-52(73)74)28-26-64(24-22-62)36-51(71)72/h8,11-14,32-33,38-40,42H,9-10,15-31,34-37H2,1-7H3,(H,58,68)(H,59,75)(H,69,70)(H,71,72)(H,73,74)(H,77,78). The lowest BCUT2D eigenvalue weighted by Gasteiger charge is -2.48. The van der Waals surface area contributed by atoms with Crippen molar-refractivity contribution < 1.29 is 63.5 Å². The lowest BCUT2D eigenvalue weighted by Crippen LogP contribution is -2.62. The number of carboxylic acid groups (broad SMARTS) is 4. The quantitative estimate of drug-likeness (QED) is 0.0663. The van der Waals surface area contributed by atoms with Crippen LogP contribution in [0.15, 0.2) is 42.5 Å². The summed E-state index contributed by atoms with van der Waals surface area (Å²) >= 11 is 0. The SMILES string of the molecule is COc1cccc(OC)c1-c1cc(C(=O)NC2(C(=O)O)CCC3CC(C)CC2C3)nn1-c1ccc(C(=O)N(CCCNC(=O)CN2CCN(CC(=O)O)CCN(CC(=O)O)CCN(CC(=O)O)CC2)CCCN(C)C)cc1C(C)C. The molecule has 1 saturated heterocycles. The van der Waals surface area contributed by atoms with Gasteiger partial charge < -0.3 is 50.3 Å². The molecule has 6 N–H and O–H groups in total. The van der Waals surface area contributed by atoms with Crippen LogP contribution < -0.4 is 20.1 Å². The molecule has 2 aromatic carbocycles. The molecule has 4 unspecified atom stereocenters. The van der Waals surface area contributed by atoms with E-state index in [1.54, 1.807) is 60.7 Å². The van der Waals surface area contributed by atoms with Crippen molar-refractivity contribution in [2.45, 2.75) is 77.2 Å². The van der Waals surface area contributed by atoms with Crippen molar-refractivity contribution in [3.05, 3.63) is 59.3 Å². The number of nitrogens with one attached hydrogen (secondary N) is 2. The molecule has 0 radical (unpaired) electrons. The van der Waals surface area contributed by atoms with E-state index in [1.165, 1.54) is 14.2 Å². The van der Waals surface area contributed by atoms with Crippen LogP contribution in [0, 0.1) is 17.8 Å². The topological polar surface area (TPSA) is 280 Å². The normalized spacial score (nSPS) is 20.8. The predicted molar refractivity (Wildman–Crippen MR) is 299 cm³/mol. The van der Waals surface area contributed by atoms with Crippen LogP contribution in [-0.4, -0.2) is 240 Å². The summed E-state index contributed by atoms with van der Waals surface area (Å²) in [5, 5.41) is 50.5. The number of rotatable bonds is 25. The van der Waals surface area contributed by atoms with Gasteiger partial charge in [0, 0.05) is 77.6 Å². The number of ether oxygens (including phenoxy) is 2. The molecule has 80 heavy (non-hydrogen) atoms. The Morgan fingerprint density at radius 3 is 1.79 bits per heavy atom. The number of carbonyl (C=O) groups is 7. The molecule has 440 valence electrons. The summed E-state index contributed by atoms with van der Waals surface area (Å²) in [6, 6.07) is 12.3. The van der Waals surface area contributed by atoms with Gasteiger partial charge in [-0.25, -0.2) is 9.48 Å². The third-order valence-electron chi connectivity index (χ3n) is 15.8. The minimum atomic E-state index is -1.45. The van der Waals surface area contributed by atoms with Crippen molar-refractivity contribution in [2.24, 2.45) is 17.8 Å². The predicted octanol–water partition coefficient (Wildman–Crippen LogP) is 3.45. The number of aliphatic carboxylic acids is 4. The number of carboxylic acids is 4. The van der Waals surface area contributed by atoms with Gasteiger partial charge in [-0.15, -0.1) is 0 Å². The number of hydrogen-bond acceptors (Lipinski definition) is 15. The van der Waals surface area contributed by atoms with Crippen LogP contribution in [0.2, 0.25) is 0 Å². The molecule has 3 aromatic rings. The number of fused-ring (bicyclic) bond motifs is 2. The fourth-order valence-corrected chi connectivity index (χ4v) is 11.7. The van der Waals surface area contributed by atoms with Crippen LogP contribution in [0.3, 0.4) is 0 Å². The molecule has 23 nitrogen and oxygen atoms in total. The van der Waals surface area contributed by atoms with Crippen LogP contribution in [-0.2, 0) is 24.0 Å². The third kappa shape index (κ3) is 16.9. The first-order chi connectivity index (χ1) is 38.1. The number of carbonyl (C=O) groups excluding carboxylic acids is 3. The molecule has 2 saturated carbocycles. The van der Waals surface area contributed by atoms with Crippen molar-refractivity contribution >= 4 is 41.6 Å². The molecule has 3 aliphatic rings. The molecule has 4 atom stereocenters. The number of nitrogens with zero attached hydrogens (tertiary/aromatic N) is 8. The molecule has 2 aliphatic carbocycles. The van der Waals surface area contributed by atoms with E-state index in [0.717, 1.165) is 24.9 Å². The Kier molecular flexibility index (Phi) is 22.8. The molecule has 2 heterocycles. The molecule has 3 amide bonds. The highest BCUT2D eigenvalue weighted by Gasteiger charge is 2.53. The highest BCUT2D eigenvalue weighted by atomic mass is 16.5. The molecule has 2 bridgehead atoms. The summed E-state index contributed by atoms with van der Waals surface area (Å²) in [7, 11) is 6.99. The molecule has 1 aliphatic heterocycles. The second-order valence-corrected chi connectivity index (χ2v) is 22.4. The monoisotopic (exact) mass is 1120 g/mol. The van der Waals surface area contributed by atoms with Crippen LogP contribution >= 0.6 is 0 Å². The molecule has 0 spiro atoms. The summed E-state index contributed by atoms with van der Waals surface area (Å²) in [5.41, 5.74) is 1.28. The lowest BCUT2D eigenvalue weighted by atomic mass is 9.60. The zero-order chi connectivity index (χ0) is 58.3. The van der Waals surface area contributed by atoms with Crippen molar-refractivity contribution in [2.75, 3.05) is 133 Å². The number of hydrogen-bond donors (Lipinski definition) is 6. The largest absolute Gasteiger partial charge is 0.496 e. The highest BCUT2D eigenvalue weighted by Crippen LogP contribution is 2.48. The Balaban J connectivity index is 1.22. The van der Waals surface area contributed by atoms with Crippen molar-refractivity contribution in [3.8, 4) is 28.4 Å². The molecule has 6 rings (SSSR count). The summed E-state index contributed by atoms with van der Waals surface area (Å²) in [4.78, 5) is 102. The third-order valence-corrected chi connectivity index (χ3v) is 15.8. The van der Waals surface area contributed by atoms with E-state index in [-0.39, 0.29) is 101 Å². The summed E-state index contributed by atoms with van der Waals surface area (Å²) in [5.74, 6) is -4.02. The molecule has 23 heteroatoms. The minimum absolute atomic E-state index is 0.00406. The van der Waals surface area contributed by atoms with E-state index in [2.05, 4.69) is 17.6 Å². The van der Waals surface area contributed by atoms with Crippen LogP contribution in [0.5, 0.6) is 11.5 Å². The van der Waals surface area contributed by atoms with Crippen molar-refractivity contribution in [3.63, 3.8) is 0 Å². The summed E-state index contributed by atoms with van der Waals surface area (Å²) < 4.78 is 13.3. The van der Waals surface area contributed by atoms with Gasteiger partial charge in [-0.2, -0.15) is 5.10 Å². The number of benzene rings is 2. The first-order valence-corrected chi connectivity index (χ1v) is 27.9. The average molecular weight is 1120 g/mol. The van der Waals surface area contributed by atoms with Gasteiger partial charge in [0.05, 0.1) is 57.3 Å². The van der Waals surface area contributed by atoms with E-state index in [0.29, 0.717) is 104 Å². The summed E-state index contributed by atoms with van der Waals surface area (Å²) in [6.07, 6.45) is 4.62. The Labute approximate surface area is 469 Å². The van der Waals surface area contributed by atoms with Gasteiger partial charge in [-0.05, 0) is 131 Å². The first-order valence-electron chi connectivity index (χ1n) is 27.9. The van der Waals surface area contributed by atoms with Gasteiger partial charge in [-0.3, -0.25) is 48.4 Å². The fraction of sp³-hybridized carbons (Fsp3) is 0.614. The van der Waals surface area contributed by atoms with Gasteiger partial charge in [-0.1, -0.05) is 26.8 Å². The molecular weight excluding hydrogens is 1030 g/mol. The van der Waals surface area contributed by atoms with Crippen LogP contribution in [0.4, 0.5) is 0 Å². The average Bonchev–Trinajstić information content (AvgIpc) is 3.89. The van der Waals surface area contributed by atoms with E-state index >= 15 is 0 Å². The second-order valence-electron chi connectivity index (χ2n) is 22.4. The lowest BCUT2D eigenvalue weighted by molar-refractivity contribution is -0.151. The van der Waals surface area contributed by atoms with Gasteiger partial charge in [0.25, 0.3) is 11.8 Å².